The fourth-order valence-electron chi connectivity index (χ4n) is 2.16. The summed E-state index contributed by atoms with van der Waals surface area (Å²) >= 11 is 0. The van der Waals surface area contributed by atoms with E-state index in [0.717, 1.165) is 5.56 Å². The first-order valence-electron chi connectivity index (χ1n) is 7.96. The smallest absolute Gasteiger partial charge is 0.260 e. The van der Waals surface area contributed by atoms with E-state index in [0.29, 0.717) is 11.5 Å². The number of likely N-dealkylation sites (N-methyl/N-ethyl adjacent to an activating group) is 1. The van der Waals surface area contributed by atoms with Crippen molar-refractivity contribution in [3.8, 4) is 11.5 Å². The summed E-state index contributed by atoms with van der Waals surface area (Å²) in [5.74, 6) is 0.858. The molecule has 0 saturated heterocycles. The average Bonchev–Trinajstić information content (AvgIpc) is 2.66. The van der Waals surface area contributed by atoms with Crippen molar-refractivity contribution in [2.75, 3.05) is 14.2 Å². The molecule has 1 amide bonds. The molecule has 0 aliphatic carbocycles. The molecule has 7 nitrogen and oxygen atoms in total. The summed E-state index contributed by atoms with van der Waals surface area (Å²) in [6.45, 7) is 1.78. The van der Waals surface area contributed by atoms with Crippen LogP contribution >= 0.6 is 0 Å². The van der Waals surface area contributed by atoms with E-state index in [1.807, 2.05) is 0 Å². The molecular weight excluding hydrogens is 356 g/mol. The first-order valence-corrected chi connectivity index (χ1v) is 9.45. The van der Waals surface area contributed by atoms with E-state index in [-0.39, 0.29) is 17.3 Å². The van der Waals surface area contributed by atoms with Gasteiger partial charge in [-0.2, -0.15) is 0 Å². The third-order valence-electron chi connectivity index (χ3n) is 3.69. The second-order valence-corrected chi connectivity index (χ2v) is 7.29. The Morgan fingerprint density at radius 2 is 1.62 bits per heavy atom. The first kappa shape index (κ1) is 19.7. The van der Waals surface area contributed by atoms with E-state index < -0.39 is 16.1 Å². The Kier molecular flexibility index (Phi) is 6.59. The van der Waals surface area contributed by atoms with E-state index in [1.54, 1.807) is 38.3 Å². The van der Waals surface area contributed by atoms with Crippen molar-refractivity contribution in [2.45, 2.75) is 24.5 Å². The second kappa shape index (κ2) is 8.68. The van der Waals surface area contributed by atoms with Crippen LogP contribution in [0.3, 0.4) is 0 Å². The molecule has 8 heteroatoms. The number of methoxy groups -OCH3 is 1. The van der Waals surface area contributed by atoms with E-state index >= 15 is 0 Å². The number of sulfonamides is 1. The summed E-state index contributed by atoms with van der Waals surface area (Å²) in [5.41, 5.74) is 0.814. The van der Waals surface area contributed by atoms with Crippen molar-refractivity contribution in [1.82, 2.24) is 10.0 Å². The lowest BCUT2D eigenvalue weighted by Gasteiger charge is -2.13. The number of nitrogens with one attached hydrogen (secondary N) is 2. The van der Waals surface area contributed by atoms with Gasteiger partial charge in [0.05, 0.1) is 12.0 Å². The fraction of sp³-hybridized carbons (Fsp3) is 0.278. The summed E-state index contributed by atoms with van der Waals surface area (Å²) in [6, 6.07) is 13.0. The molecule has 1 atom stereocenters. The van der Waals surface area contributed by atoms with Gasteiger partial charge in [-0.05, 0) is 48.9 Å². The molecule has 0 bridgehead atoms. The maximum atomic E-state index is 12.4. The van der Waals surface area contributed by atoms with Crippen molar-refractivity contribution in [1.29, 1.82) is 0 Å². The molecule has 0 aliphatic rings. The Hall–Kier alpha value is -2.58. The van der Waals surface area contributed by atoms with Crippen molar-refractivity contribution in [3.05, 3.63) is 54.1 Å². The van der Waals surface area contributed by atoms with Gasteiger partial charge in [0.15, 0.2) is 6.10 Å². The highest BCUT2D eigenvalue weighted by Crippen LogP contribution is 2.18. The zero-order valence-electron chi connectivity index (χ0n) is 14.9. The van der Waals surface area contributed by atoms with Crippen LogP contribution in [0.2, 0.25) is 0 Å². The highest BCUT2D eigenvalue weighted by molar-refractivity contribution is 7.89. The van der Waals surface area contributed by atoms with Crippen LogP contribution in [0.4, 0.5) is 0 Å². The SMILES string of the molecule is CNC(=O)[C@@H](C)Oc1ccc(S(=O)(=O)NCc2ccc(OC)cc2)cc1. The molecule has 2 N–H and O–H groups in total. The minimum Gasteiger partial charge on any atom is -0.497 e. The largest absolute Gasteiger partial charge is 0.497 e. The molecule has 26 heavy (non-hydrogen) atoms. The number of rotatable bonds is 8. The van der Waals surface area contributed by atoms with Gasteiger partial charge in [0, 0.05) is 13.6 Å². The van der Waals surface area contributed by atoms with Gasteiger partial charge in [0.1, 0.15) is 11.5 Å². The molecule has 2 aromatic rings. The predicted molar refractivity (Wildman–Crippen MR) is 97.6 cm³/mol. The van der Waals surface area contributed by atoms with E-state index in [4.69, 9.17) is 9.47 Å². The third-order valence-corrected chi connectivity index (χ3v) is 5.11. The van der Waals surface area contributed by atoms with Gasteiger partial charge in [-0.15, -0.1) is 0 Å². The van der Waals surface area contributed by atoms with E-state index in [1.165, 1.54) is 31.3 Å². The molecule has 0 spiro atoms. The quantitative estimate of drug-likeness (QED) is 0.729. The van der Waals surface area contributed by atoms with E-state index in [9.17, 15) is 13.2 Å². The number of benzene rings is 2. The normalized spacial score (nSPS) is 12.3. The molecule has 0 unspecified atom stereocenters. The van der Waals surface area contributed by atoms with Crippen molar-refractivity contribution in [2.24, 2.45) is 0 Å². The minimum absolute atomic E-state index is 0.117. The van der Waals surface area contributed by atoms with Crippen molar-refractivity contribution in [3.63, 3.8) is 0 Å². The third kappa shape index (κ3) is 5.21. The fourth-order valence-corrected chi connectivity index (χ4v) is 3.18. The zero-order valence-corrected chi connectivity index (χ0v) is 15.7. The molecule has 0 fully saturated rings. The van der Waals surface area contributed by atoms with Crippen LogP contribution < -0.4 is 19.5 Å². The molecule has 0 heterocycles. The monoisotopic (exact) mass is 378 g/mol. The molecule has 0 saturated carbocycles. The maximum absolute atomic E-state index is 12.4. The summed E-state index contributed by atoms with van der Waals surface area (Å²) in [7, 11) is -0.566. The van der Waals surface area contributed by atoms with Gasteiger partial charge >= 0.3 is 0 Å². The van der Waals surface area contributed by atoms with Gasteiger partial charge in [-0.1, -0.05) is 12.1 Å². The highest BCUT2D eigenvalue weighted by atomic mass is 32.2. The lowest BCUT2D eigenvalue weighted by Crippen LogP contribution is -2.33. The summed E-state index contributed by atoms with van der Waals surface area (Å²) in [5, 5.41) is 2.48. The second-order valence-electron chi connectivity index (χ2n) is 5.52. The van der Waals surface area contributed by atoms with Crippen LogP contribution in [0, 0.1) is 0 Å². The maximum Gasteiger partial charge on any atom is 0.260 e. The molecule has 2 rings (SSSR count). The van der Waals surface area contributed by atoms with Gasteiger partial charge < -0.3 is 14.8 Å². The lowest BCUT2D eigenvalue weighted by atomic mass is 10.2. The standard InChI is InChI=1S/C18H22N2O5S/c1-13(18(21)19-2)25-16-8-10-17(11-9-16)26(22,23)20-12-14-4-6-15(24-3)7-5-14/h4-11,13,20H,12H2,1-3H3,(H,19,21)/t13-/m1/s1. The Labute approximate surface area is 153 Å². The Balaban J connectivity index is 2.00. The van der Waals surface area contributed by atoms with Gasteiger partial charge in [0.2, 0.25) is 10.0 Å². The zero-order chi connectivity index (χ0) is 19.2. The Morgan fingerprint density at radius 3 is 2.15 bits per heavy atom. The van der Waals surface area contributed by atoms with Gasteiger partial charge in [-0.3, -0.25) is 4.79 Å². The molecular formula is C18H22N2O5S. The van der Waals surface area contributed by atoms with Crippen molar-refractivity contribution < 1.29 is 22.7 Å². The molecule has 2 aromatic carbocycles. The predicted octanol–water partition coefficient (Wildman–Crippen LogP) is 1.69. The molecule has 140 valence electrons. The lowest BCUT2D eigenvalue weighted by molar-refractivity contribution is -0.126. The van der Waals surface area contributed by atoms with Crippen LogP contribution in [0.1, 0.15) is 12.5 Å². The Bertz CT molecular complexity index is 833. The van der Waals surface area contributed by atoms with Crippen LogP contribution in [-0.4, -0.2) is 34.6 Å². The summed E-state index contributed by atoms with van der Waals surface area (Å²) in [4.78, 5) is 11.6. The number of carbonyl (C=O) groups excluding carboxylic acids is 1. The minimum atomic E-state index is -3.66. The summed E-state index contributed by atoms with van der Waals surface area (Å²) in [6.07, 6.45) is -0.671. The average molecular weight is 378 g/mol. The molecule has 0 aromatic heterocycles. The van der Waals surface area contributed by atoms with E-state index in [2.05, 4.69) is 10.0 Å². The first-order chi connectivity index (χ1) is 12.4. The van der Waals surface area contributed by atoms with Gasteiger partial charge in [-0.25, -0.2) is 13.1 Å². The topological polar surface area (TPSA) is 93.7 Å². The Morgan fingerprint density at radius 1 is 1.04 bits per heavy atom. The number of hydrogen-bond acceptors (Lipinski definition) is 5. The molecule has 0 aliphatic heterocycles. The number of amides is 1. The van der Waals surface area contributed by atoms with Crippen molar-refractivity contribution >= 4 is 15.9 Å². The number of carbonyl (C=O) groups is 1. The molecule has 0 radical (unpaired) electrons. The van der Waals surface area contributed by atoms with Gasteiger partial charge in [0.25, 0.3) is 5.91 Å². The van der Waals surface area contributed by atoms with Crippen LogP contribution in [0.15, 0.2) is 53.4 Å². The summed E-state index contributed by atoms with van der Waals surface area (Å²) < 4.78 is 37.8. The van der Waals surface area contributed by atoms with Crippen LogP contribution in [0.5, 0.6) is 11.5 Å². The number of hydrogen-bond donors (Lipinski definition) is 2. The van der Waals surface area contributed by atoms with Crippen LogP contribution in [-0.2, 0) is 21.4 Å². The van der Waals surface area contributed by atoms with Crippen LogP contribution in [0.25, 0.3) is 0 Å². The highest BCUT2D eigenvalue weighted by Gasteiger charge is 2.16. The number of ether oxygens (including phenoxy) is 2.